The van der Waals surface area contributed by atoms with Crippen LogP contribution in [0.15, 0.2) is 12.7 Å². The van der Waals surface area contributed by atoms with E-state index in [9.17, 15) is 10.2 Å². The molecule has 0 saturated carbocycles. The maximum absolute atomic E-state index is 9.59. The van der Waals surface area contributed by atoms with Gasteiger partial charge in [-0.15, -0.1) is 0 Å². The molecule has 4 atom stereocenters. The van der Waals surface area contributed by atoms with Gasteiger partial charge in [-0.3, -0.25) is 15.1 Å². The summed E-state index contributed by atoms with van der Waals surface area (Å²) in [5.41, 5.74) is 0.358. The van der Waals surface area contributed by atoms with Crippen LogP contribution in [-0.2, 0) is 14.5 Å². The van der Waals surface area contributed by atoms with E-state index in [0.29, 0.717) is 0 Å². The summed E-state index contributed by atoms with van der Waals surface area (Å²) in [5.74, 6) is -0.313. The fourth-order valence-corrected chi connectivity index (χ4v) is 2.34. The Morgan fingerprint density at radius 2 is 1.95 bits per heavy atom. The van der Waals surface area contributed by atoms with Crippen LogP contribution in [0.2, 0.25) is 0 Å². The average molecular weight is 300 g/mol. The molecule has 0 radical (unpaired) electrons. The van der Waals surface area contributed by atoms with E-state index in [0.717, 1.165) is 6.33 Å². The van der Waals surface area contributed by atoms with Crippen LogP contribution in [0.3, 0.4) is 0 Å². The Balaban J connectivity index is 2.03. The van der Waals surface area contributed by atoms with Crippen LogP contribution in [0.25, 0.3) is 11.2 Å². The molecule has 0 aliphatic carbocycles. The number of rotatable bonds is 4. The third-order valence-electron chi connectivity index (χ3n) is 3.32. The second-order valence-electron chi connectivity index (χ2n) is 4.41. The Morgan fingerprint density at radius 1 is 1.19 bits per heavy atom. The Bertz CT molecular complexity index is 635. The van der Waals surface area contributed by atoms with Crippen LogP contribution in [0, 0.1) is 0 Å². The zero-order valence-corrected chi connectivity index (χ0v) is 10.5. The summed E-state index contributed by atoms with van der Waals surface area (Å²) in [7, 11) is 0. The van der Waals surface area contributed by atoms with E-state index in [1.807, 2.05) is 0 Å². The summed E-state index contributed by atoms with van der Waals surface area (Å²) in [4.78, 5) is 20.0. The van der Waals surface area contributed by atoms with Crippen LogP contribution in [-0.4, -0.2) is 65.2 Å². The van der Waals surface area contributed by atoms with Crippen molar-refractivity contribution in [3.8, 4) is 5.88 Å². The Morgan fingerprint density at radius 3 is 2.62 bits per heavy atom. The molecule has 0 spiro atoms. The number of hydrogen-bond acceptors (Lipinski definition) is 10. The number of ether oxygens (including phenoxy) is 1. The minimum atomic E-state index is -1.14. The van der Waals surface area contributed by atoms with Crippen molar-refractivity contribution >= 4 is 11.2 Å². The van der Waals surface area contributed by atoms with Crippen LogP contribution < -0.4 is 0 Å². The monoisotopic (exact) mass is 300 g/mol. The highest BCUT2D eigenvalue weighted by Gasteiger charge is 2.48. The lowest BCUT2D eigenvalue weighted by Crippen LogP contribution is -2.36. The second kappa shape index (κ2) is 5.48. The molecule has 21 heavy (non-hydrogen) atoms. The molecule has 4 N–H and O–H groups in total. The molecule has 2 aromatic heterocycles. The van der Waals surface area contributed by atoms with Gasteiger partial charge in [0.15, 0.2) is 29.6 Å². The zero-order chi connectivity index (χ0) is 15.0. The topological polar surface area (TPSA) is 152 Å². The minimum absolute atomic E-state index is 0.131. The molecular formula is C10H12N4O7. The molecule has 1 fully saturated rings. The van der Waals surface area contributed by atoms with Gasteiger partial charge in [0.1, 0.15) is 12.4 Å². The number of nitrogens with zero attached hydrogens (tertiary/aromatic N) is 4. The first kappa shape index (κ1) is 14.1. The smallest absolute Gasteiger partial charge is 0.242 e. The van der Waals surface area contributed by atoms with Gasteiger partial charge >= 0.3 is 0 Å². The number of imidazole rings is 1. The van der Waals surface area contributed by atoms with Crippen molar-refractivity contribution in [3.05, 3.63) is 12.7 Å². The molecule has 114 valence electrons. The molecule has 2 unspecified atom stereocenters. The summed E-state index contributed by atoms with van der Waals surface area (Å²) < 4.78 is 6.83. The second-order valence-corrected chi connectivity index (χ2v) is 4.41. The van der Waals surface area contributed by atoms with Crippen LogP contribution in [0.5, 0.6) is 5.88 Å². The predicted octanol–water partition coefficient (Wildman–Crippen LogP) is -0.862. The summed E-state index contributed by atoms with van der Waals surface area (Å²) in [5, 5.41) is 36.7. The fourth-order valence-electron chi connectivity index (χ4n) is 2.34. The van der Waals surface area contributed by atoms with E-state index in [-0.39, 0.29) is 17.0 Å². The van der Waals surface area contributed by atoms with Crippen LogP contribution in [0.4, 0.5) is 0 Å². The highest BCUT2D eigenvalue weighted by atomic mass is 17.1. The maximum Gasteiger partial charge on any atom is 0.242 e. The normalized spacial score (nSPS) is 29.3. The van der Waals surface area contributed by atoms with E-state index in [1.54, 1.807) is 0 Å². The average Bonchev–Trinajstić information content (AvgIpc) is 3.07. The van der Waals surface area contributed by atoms with Crippen molar-refractivity contribution in [1.82, 2.24) is 19.5 Å². The Labute approximate surface area is 116 Å². The molecule has 1 saturated heterocycles. The van der Waals surface area contributed by atoms with E-state index >= 15 is 0 Å². The van der Waals surface area contributed by atoms with Gasteiger partial charge in [-0.05, 0) is 0 Å². The van der Waals surface area contributed by atoms with Crippen molar-refractivity contribution in [3.63, 3.8) is 0 Å². The van der Waals surface area contributed by atoms with Crippen molar-refractivity contribution in [2.75, 3.05) is 6.61 Å². The number of aromatic nitrogens is 4. The van der Waals surface area contributed by atoms with E-state index in [2.05, 4.69) is 24.7 Å². The van der Waals surface area contributed by atoms with Crippen LogP contribution in [0.1, 0.15) is 6.23 Å². The van der Waals surface area contributed by atoms with Gasteiger partial charge in [-0.1, -0.05) is 0 Å². The summed E-state index contributed by atoms with van der Waals surface area (Å²) in [6, 6.07) is 0. The molecule has 0 amide bonds. The molecule has 11 nitrogen and oxygen atoms in total. The fraction of sp³-hybridized carbons (Fsp3) is 0.500. The highest BCUT2D eigenvalue weighted by Crippen LogP contribution is 2.34. The number of hydrogen-bond donors (Lipinski definition) is 4. The van der Waals surface area contributed by atoms with E-state index < -0.39 is 31.1 Å². The first-order valence-electron chi connectivity index (χ1n) is 5.94. The number of aliphatic hydroxyl groups is 1. The summed E-state index contributed by atoms with van der Waals surface area (Å²) in [6.45, 7) is -0.464. The molecule has 2 aromatic rings. The first-order valence-corrected chi connectivity index (χ1v) is 5.94. The number of aliphatic hydroxyl groups excluding tert-OH is 1. The minimum Gasteiger partial charge on any atom is -0.492 e. The number of fused-ring (bicyclic) bond motifs is 1. The van der Waals surface area contributed by atoms with Gasteiger partial charge in [-0.2, -0.15) is 4.98 Å². The third kappa shape index (κ3) is 2.12. The molecule has 3 heterocycles. The predicted molar refractivity (Wildman–Crippen MR) is 63.0 cm³/mol. The molecule has 1 aliphatic heterocycles. The Kier molecular flexibility index (Phi) is 3.67. The van der Waals surface area contributed by atoms with Crippen molar-refractivity contribution in [2.45, 2.75) is 24.5 Å². The van der Waals surface area contributed by atoms with Crippen molar-refractivity contribution in [1.29, 1.82) is 0 Å². The SMILES string of the molecule is OC[C@H]1O[C@@H](n2cnc3c(O)ncnc32)C(OO)C1OO. The molecule has 11 heteroatoms. The molecule has 1 aliphatic rings. The van der Waals surface area contributed by atoms with Gasteiger partial charge in [0.25, 0.3) is 0 Å². The lowest BCUT2D eigenvalue weighted by molar-refractivity contribution is -0.354. The Hall–Kier alpha value is -1.89. The number of aromatic hydroxyl groups is 1. The largest absolute Gasteiger partial charge is 0.492 e. The van der Waals surface area contributed by atoms with Gasteiger partial charge < -0.3 is 14.9 Å². The lowest BCUT2D eigenvalue weighted by atomic mass is 10.1. The van der Waals surface area contributed by atoms with E-state index in [4.69, 9.17) is 15.3 Å². The third-order valence-corrected chi connectivity index (χ3v) is 3.32. The lowest BCUT2D eigenvalue weighted by Gasteiger charge is -2.18. The first-order chi connectivity index (χ1) is 10.2. The van der Waals surface area contributed by atoms with Crippen molar-refractivity contribution in [2.24, 2.45) is 0 Å². The standard InChI is InChI=1S/C10H12N4O7/c15-1-4-6(20-17)7(21-18)10(19-4)14-3-13-5-8(14)11-2-12-9(5)16/h2-4,6-7,10,15,17-18H,1H2,(H,11,12,16)/t4-,6?,7?,10-/m1/s1. The summed E-state index contributed by atoms with van der Waals surface area (Å²) >= 11 is 0. The highest BCUT2D eigenvalue weighted by molar-refractivity contribution is 5.75. The molecule has 0 aromatic carbocycles. The zero-order valence-electron chi connectivity index (χ0n) is 10.5. The molecule has 3 rings (SSSR count). The van der Waals surface area contributed by atoms with E-state index in [1.165, 1.54) is 10.9 Å². The van der Waals surface area contributed by atoms with Gasteiger partial charge in [0.2, 0.25) is 5.88 Å². The van der Waals surface area contributed by atoms with Crippen LogP contribution >= 0.6 is 0 Å². The molecular weight excluding hydrogens is 288 g/mol. The van der Waals surface area contributed by atoms with Gasteiger partial charge in [0, 0.05) is 0 Å². The van der Waals surface area contributed by atoms with Crippen molar-refractivity contribution < 1.29 is 35.2 Å². The quantitative estimate of drug-likeness (QED) is 0.414. The molecule has 0 bridgehead atoms. The maximum atomic E-state index is 9.59. The van der Waals surface area contributed by atoms with Gasteiger partial charge in [0.05, 0.1) is 12.9 Å². The summed E-state index contributed by atoms with van der Waals surface area (Å²) in [6.07, 6.45) is -1.74. The van der Waals surface area contributed by atoms with Gasteiger partial charge in [-0.25, -0.2) is 19.7 Å².